The van der Waals surface area contributed by atoms with Crippen LogP contribution in [0.3, 0.4) is 0 Å². The molecule has 0 saturated carbocycles. The van der Waals surface area contributed by atoms with Crippen LogP contribution in [0.5, 0.6) is 5.88 Å². The average molecular weight is 249 g/mol. The average Bonchev–Trinajstić information content (AvgIpc) is 2.80. The van der Waals surface area contributed by atoms with Crippen LogP contribution in [0.1, 0.15) is 12.8 Å². The Morgan fingerprint density at radius 3 is 2.89 bits per heavy atom. The number of anilines is 2. The number of hydrogen-bond acceptors (Lipinski definition) is 7. The summed E-state index contributed by atoms with van der Waals surface area (Å²) in [5.41, 5.74) is 0.762. The van der Waals surface area contributed by atoms with E-state index < -0.39 is 0 Å². The lowest BCUT2D eigenvalue weighted by atomic mass is 10.4. The number of hydrogen-bond donors (Lipinski definition) is 2. The van der Waals surface area contributed by atoms with Crippen molar-refractivity contribution in [3.05, 3.63) is 24.2 Å². The van der Waals surface area contributed by atoms with Gasteiger partial charge >= 0.3 is 6.01 Å². The first-order chi connectivity index (χ1) is 8.81. The molecule has 2 rings (SSSR count). The van der Waals surface area contributed by atoms with Crippen LogP contribution in [0, 0.1) is 0 Å². The molecule has 0 radical (unpaired) electrons. The summed E-state index contributed by atoms with van der Waals surface area (Å²) in [6.07, 6.45) is 1.65. The van der Waals surface area contributed by atoms with Gasteiger partial charge in [-0.1, -0.05) is 5.10 Å². The van der Waals surface area contributed by atoms with Gasteiger partial charge in [0.15, 0.2) is 0 Å². The maximum Gasteiger partial charge on any atom is 0.320 e. The summed E-state index contributed by atoms with van der Waals surface area (Å²) in [6, 6.07) is 3.95. The normalized spacial score (nSPS) is 10.3. The first-order valence-electron chi connectivity index (χ1n) is 5.64. The van der Waals surface area contributed by atoms with Gasteiger partial charge in [-0.25, -0.2) is 4.98 Å². The van der Waals surface area contributed by atoms with Crippen LogP contribution in [-0.2, 0) is 6.54 Å². The smallest absolute Gasteiger partial charge is 0.320 e. The molecule has 0 bridgehead atoms. The van der Waals surface area contributed by atoms with Crippen molar-refractivity contribution in [3.63, 3.8) is 0 Å². The Balaban J connectivity index is 1.99. The highest BCUT2D eigenvalue weighted by Gasteiger charge is 2.05. The van der Waals surface area contributed by atoms with Crippen LogP contribution < -0.4 is 15.4 Å². The van der Waals surface area contributed by atoms with E-state index >= 15 is 0 Å². The predicted molar refractivity (Wildman–Crippen MR) is 65.8 cm³/mol. The summed E-state index contributed by atoms with van der Waals surface area (Å²) < 4.78 is 10.6. The van der Waals surface area contributed by atoms with Crippen molar-refractivity contribution < 1.29 is 9.15 Å². The van der Waals surface area contributed by atoms with Crippen molar-refractivity contribution in [1.82, 2.24) is 20.5 Å². The van der Waals surface area contributed by atoms with E-state index in [4.69, 9.17) is 9.15 Å². The lowest BCUT2D eigenvalue weighted by Gasteiger charge is -2.03. The van der Waals surface area contributed by atoms with Gasteiger partial charge in [0, 0.05) is 6.07 Å². The van der Waals surface area contributed by atoms with Gasteiger partial charge in [-0.2, -0.15) is 0 Å². The van der Waals surface area contributed by atoms with E-state index in [1.165, 1.54) is 0 Å². The van der Waals surface area contributed by atoms with E-state index in [9.17, 15) is 0 Å². The maximum absolute atomic E-state index is 5.35. The molecular weight excluding hydrogens is 234 g/mol. The minimum atomic E-state index is 0.339. The Hall–Kier alpha value is -2.15. The molecule has 0 unspecified atom stereocenters. The zero-order valence-corrected chi connectivity index (χ0v) is 10.3. The van der Waals surface area contributed by atoms with Crippen LogP contribution in [-0.4, -0.2) is 28.8 Å². The van der Waals surface area contributed by atoms with Crippen LogP contribution >= 0.6 is 0 Å². The third kappa shape index (κ3) is 3.17. The summed E-state index contributed by atoms with van der Waals surface area (Å²) in [4.78, 5) is 4.12. The second-order valence-corrected chi connectivity index (χ2v) is 3.47. The van der Waals surface area contributed by atoms with E-state index in [2.05, 4.69) is 25.8 Å². The van der Waals surface area contributed by atoms with Crippen molar-refractivity contribution >= 4 is 11.7 Å². The molecule has 0 aliphatic heterocycles. The zero-order chi connectivity index (χ0) is 12.8. The van der Waals surface area contributed by atoms with E-state index in [0.717, 1.165) is 5.69 Å². The Morgan fingerprint density at radius 1 is 1.33 bits per heavy atom. The molecule has 7 nitrogen and oxygen atoms in total. The number of nitrogens with one attached hydrogen (secondary N) is 2. The molecule has 2 heterocycles. The largest absolute Gasteiger partial charge is 0.478 e. The molecular formula is C11H15N5O2. The first kappa shape index (κ1) is 12.3. The Kier molecular flexibility index (Phi) is 4.08. The fraction of sp³-hybridized carbons (Fsp3) is 0.364. The minimum Gasteiger partial charge on any atom is -0.478 e. The third-order valence-corrected chi connectivity index (χ3v) is 2.07. The molecule has 0 aliphatic carbocycles. The van der Waals surface area contributed by atoms with E-state index in [1.807, 2.05) is 20.0 Å². The van der Waals surface area contributed by atoms with Crippen molar-refractivity contribution in [2.45, 2.75) is 13.5 Å². The summed E-state index contributed by atoms with van der Waals surface area (Å²) in [5.74, 6) is 1.11. The highest BCUT2D eigenvalue weighted by Crippen LogP contribution is 2.16. The number of pyridine rings is 1. The molecule has 0 spiro atoms. The van der Waals surface area contributed by atoms with Gasteiger partial charge in [0.05, 0.1) is 25.0 Å². The van der Waals surface area contributed by atoms with Crippen molar-refractivity contribution in [3.8, 4) is 5.88 Å². The molecule has 18 heavy (non-hydrogen) atoms. The van der Waals surface area contributed by atoms with E-state index in [0.29, 0.717) is 30.9 Å². The van der Waals surface area contributed by atoms with Crippen LogP contribution in [0.25, 0.3) is 0 Å². The van der Waals surface area contributed by atoms with Gasteiger partial charge in [-0.3, -0.25) is 0 Å². The number of nitrogens with zero attached hydrogens (tertiary/aromatic N) is 3. The van der Waals surface area contributed by atoms with Crippen LogP contribution in [0.15, 0.2) is 22.7 Å². The molecule has 2 N–H and O–H groups in total. The van der Waals surface area contributed by atoms with Gasteiger partial charge in [0.25, 0.3) is 0 Å². The standard InChI is InChI=1S/C11H15N5O2/c1-3-17-9-5-4-8(6-13-9)14-11-16-15-10(18-11)7-12-2/h4-6,12H,3,7H2,1-2H3,(H,14,16). The second kappa shape index (κ2) is 5.97. The summed E-state index contributed by atoms with van der Waals surface area (Å²) in [6.45, 7) is 3.04. The lowest BCUT2D eigenvalue weighted by molar-refractivity contribution is 0.327. The number of aromatic nitrogens is 3. The van der Waals surface area contributed by atoms with Gasteiger partial charge in [0.1, 0.15) is 0 Å². The fourth-order valence-electron chi connectivity index (χ4n) is 1.34. The Bertz CT molecular complexity index is 482. The van der Waals surface area contributed by atoms with Crippen LogP contribution in [0.4, 0.5) is 11.7 Å². The van der Waals surface area contributed by atoms with Crippen molar-refractivity contribution in [2.24, 2.45) is 0 Å². The highest BCUT2D eigenvalue weighted by atomic mass is 16.5. The molecule has 2 aromatic heterocycles. The van der Waals surface area contributed by atoms with Gasteiger partial charge in [0.2, 0.25) is 11.8 Å². The molecule has 96 valence electrons. The Labute approximate surface area is 105 Å². The van der Waals surface area contributed by atoms with E-state index in [-0.39, 0.29) is 0 Å². The number of ether oxygens (including phenoxy) is 1. The molecule has 0 atom stereocenters. The quantitative estimate of drug-likeness (QED) is 0.798. The number of rotatable bonds is 6. The highest BCUT2D eigenvalue weighted by molar-refractivity contribution is 5.50. The molecule has 7 heteroatoms. The summed E-state index contributed by atoms with van der Waals surface area (Å²) in [5, 5.41) is 13.6. The predicted octanol–water partition coefficient (Wildman–Crippen LogP) is 1.33. The molecule has 0 saturated heterocycles. The summed E-state index contributed by atoms with van der Waals surface area (Å²) >= 11 is 0. The molecule has 0 fully saturated rings. The van der Waals surface area contributed by atoms with Crippen molar-refractivity contribution in [2.75, 3.05) is 19.0 Å². The first-order valence-corrected chi connectivity index (χ1v) is 5.64. The van der Waals surface area contributed by atoms with E-state index in [1.54, 1.807) is 12.3 Å². The maximum atomic E-state index is 5.35. The summed E-state index contributed by atoms with van der Waals surface area (Å²) in [7, 11) is 1.81. The Morgan fingerprint density at radius 2 is 2.22 bits per heavy atom. The minimum absolute atomic E-state index is 0.339. The zero-order valence-electron chi connectivity index (χ0n) is 10.3. The topological polar surface area (TPSA) is 85.1 Å². The molecule has 0 aliphatic rings. The SMILES string of the molecule is CCOc1ccc(Nc2nnc(CNC)o2)cn1. The molecule has 0 aromatic carbocycles. The second-order valence-electron chi connectivity index (χ2n) is 3.47. The molecule has 0 amide bonds. The fourth-order valence-corrected chi connectivity index (χ4v) is 1.34. The van der Waals surface area contributed by atoms with Gasteiger partial charge in [-0.15, -0.1) is 5.10 Å². The third-order valence-electron chi connectivity index (χ3n) is 2.07. The van der Waals surface area contributed by atoms with Gasteiger partial charge < -0.3 is 19.8 Å². The van der Waals surface area contributed by atoms with Crippen molar-refractivity contribution in [1.29, 1.82) is 0 Å². The van der Waals surface area contributed by atoms with Gasteiger partial charge in [-0.05, 0) is 20.0 Å². The van der Waals surface area contributed by atoms with Crippen LogP contribution in [0.2, 0.25) is 0 Å². The monoisotopic (exact) mass is 249 g/mol. The lowest BCUT2D eigenvalue weighted by Crippen LogP contribution is -2.04. The molecule has 2 aromatic rings.